The van der Waals surface area contributed by atoms with Crippen LogP contribution < -0.4 is 5.32 Å². The summed E-state index contributed by atoms with van der Waals surface area (Å²) >= 11 is 0. The Morgan fingerprint density at radius 3 is 2.63 bits per heavy atom. The fourth-order valence-corrected chi connectivity index (χ4v) is 2.76. The first-order valence-electron chi connectivity index (χ1n) is 7.27. The molecule has 1 saturated carbocycles. The highest BCUT2D eigenvalue weighted by atomic mass is 16.2. The van der Waals surface area contributed by atoms with Gasteiger partial charge in [0.25, 0.3) is 5.91 Å². The third kappa shape index (κ3) is 3.14. The van der Waals surface area contributed by atoms with Gasteiger partial charge in [-0.2, -0.15) is 0 Å². The van der Waals surface area contributed by atoms with E-state index in [4.69, 9.17) is 0 Å². The smallest absolute Gasteiger partial charge is 0.290 e. The molecule has 0 bridgehead atoms. The molecule has 1 amide bonds. The fraction of sp³-hybridized carbons (Fsp3) is 0.786. The van der Waals surface area contributed by atoms with Crippen LogP contribution in [0.25, 0.3) is 0 Å². The number of hydrogen-bond donors (Lipinski definition) is 2. The van der Waals surface area contributed by atoms with Gasteiger partial charge in [0.15, 0.2) is 0 Å². The molecule has 0 aliphatic heterocycles. The number of rotatable bonds is 5. The maximum absolute atomic E-state index is 12.0. The topological polar surface area (TPSA) is 70.7 Å². The van der Waals surface area contributed by atoms with Gasteiger partial charge in [-0.1, -0.05) is 33.6 Å². The Balaban J connectivity index is 1.93. The number of amides is 1. The van der Waals surface area contributed by atoms with Crippen LogP contribution in [-0.2, 0) is 0 Å². The third-order valence-electron chi connectivity index (χ3n) is 4.29. The predicted molar refractivity (Wildman–Crippen MR) is 74.0 cm³/mol. The zero-order chi connectivity index (χ0) is 13.9. The van der Waals surface area contributed by atoms with Crippen molar-refractivity contribution in [3.05, 3.63) is 11.6 Å². The molecule has 0 saturated heterocycles. The summed E-state index contributed by atoms with van der Waals surface area (Å²) in [6.45, 7) is 6.99. The van der Waals surface area contributed by atoms with Gasteiger partial charge >= 0.3 is 0 Å². The second-order valence-electron chi connectivity index (χ2n) is 5.94. The molecular weight excluding hydrogens is 240 g/mol. The van der Waals surface area contributed by atoms with E-state index in [1.54, 1.807) is 0 Å². The summed E-state index contributed by atoms with van der Waals surface area (Å²) in [4.78, 5) is 16.3. The van der Waals surface area contributed by atoms with Gasteiger partial charge in [-0.25, -0.2) is 4.98 Å². The van der Waals surface area contributed by atoms with Gasteiger partial charge in [0, 0.05) is 12.5 Å². The van der Waals surface area contributed by atoms with Crippen LogP contribution in [-0.4, -0.2) is 27.6 Å². The van der Waals surface area contributed by atoms with Crippen molar-refractivity contribution < 1.29 is 4.79 Å². The number of carbonyl (C=O) groups excluding carboxylic acids is 1. The molecule has 2 rings (SSSR count). The van der Waals surface area contributed by atoms with Crippen molar-refractivity contribution in [2.75, 3.05) is 6.54 Å². The van der Waals surface area contributed by atoms with Gasteiger partial charge in [-0.3, -0.25) is 9.89 Å². The summed E-state index contributed by atoms with van der Waals surface area (Å²) in [7, 11) is 0. The molecule has 0 aromatic carbocycles. The van der Waals surface area contributed by atoms with Crippen molar-refractivity contribution in [1.29, 1.82) is 0 Å². The van der Waals surface area contributed by atoms with Gasteiger partial charge in [-0.05, 0) is 24.7 Å². The summed E-state index contributed by atoms with van der Waals surface area (Å²) in [6.07, 6.45) is 6.12. The molecule has 0 atom stereocenters. The summed E-state index contributed by atoms with van der Waals surface area (Å²) in [5.74, 6) is 1.11. The molecule has 1 fully saturated rings. The maximum atomic E-state index is 12.0. The maximum Gasteiger partial charge on any atom is 0.290 e. The molecule has 0 spiro atoms. The van der Waals surface area contributed by atoms with Crippen molar-refractivity contribution in [1.82, 2.24) is 20.5 Å². The first-order valence-corrected chi connectivity index (χ1v) is 7.27. The average Bonchev–Trinajstić information content (AvgIpc) is 3.06. The molecule has 19 heavy (non-hydrogen) atoms. The van der Waals surface area contributed by atoms with Crippen LogP contribution in [0.3, 0.4) is 0 Å². The van der Waals surface area contributed by atoms with Crippen molar-refractivity contribution in [2.24, 2.45) is 5.41 Å². The second-order valence-corrected chi connectivity index (χ2v) is 5.94. The third-order valence-corrected chi connectivity index (χ3v) is 4.29. The number of carbonyl (C=O) groups is 1. The largest absolute Gasteiger partial charge is 0.349 e. The molecule has 1 heterocycles. The molecule has 1 aliphatic carbocycles. The highest BCUT2D eigenvalue weighted by molar-refractivity contribution is 5.90. The van der Waals surface area contributed by atoms with E-state index in [0.29, 0.717) is 5.41 Å². The minimum Gasteiger partial charge on any atom is -0.349 e. The van der Waals surface area contributed by atoms with Crippen LogP contribution in [0, 0.1) is 5.41 Å². The number of nitrogens with one attached hydrogen (secondary N) is 2. The second kappa shape index (κ2) is 5.72. The Bertz CT molecular complexity index is 432. The lowest BCUT2D eigenvalue weighted by Gasteiger charge is -2.27. The SMILES string of the molecule is CCC1(CNC(=O)c2n[nH]c(C(C)C)n2)CCCC1. The van der Waals surface area contributed by atoms with E-state index >= 15 is 0 Å². The highest BCUT2D eigenvalue weighted by Crippen LogP contribution is 2.40. The Morgan fingerprint density at radius 1 is 1.42 bits per heavy atom. The lowest BCUT2D eigenvalue weighted by molar-refractivity contribution is 0.0918. The molecule has 5 heteroatoms. The molecule has 0 unspecified atom stereocenters. The number of aromatic nitrogens is 3. The van der Waals surface area contributed by atoms with Crippen LogP contribution in [0.5, 0.6) is 0 Å². The van der Waals surface area contributed by atoms with E-state index < -0.39 is 0 Å². The Labute approximate surface area is 114 Å². The van der Waals surface area contributed by atoms with Crippen LogP contribution in [0.1, 0.15) is 75.2 Å². The van der Waals surface area contributed by atoms with E-state index in [2.05, 4.69) is 27.4 Å². The Morgan fingerprint density at radius 2 is 2.11 bits per heavy atom. The van der Waals surface area contributed by atoms with Crippen LogP contribution >= 0.6 is 0 Å². The van der Waals surface area contributed by atoms with E-state index in [1.807, 2.05) is 13.8 Å². The van der Waals surface area contributed by atoms with Crippen molar-refractivity contribution in [3.63, 3.8) is 0 Å². The van der Waals surface area contributed by atoms with Crippen LogP contribution in [0.2, 0.25) is 0 Å². The van der Waals surface area contributed by atoms with E-state index in [0.717, 1.165) is 18.8 Å². The summed E-state index contributed by atoms with van der Waals surface area (Å²) in [5, 5.41) is 9.80. The van der Waals surface area contributed by atoms with E-state index in [-0.39, 0.29) is 17.6 Å². The quantitative estimate of drug-likeness (QED) is 0.858. The number of H-pyrrole nitrogens is 1. The number of hydrogen-bond acceptors (Lipinski definition) is 3. The molecule has 1 aromatic heterocycles. The number of nitrogens with zero attached hydrogens (tertiary/aromatic N) is 2. The molecule has 106 valence electrons. The molecule has 0 radical (unpaired) electrons. The van der Waals surface area contributed by atoms with Gasteiger partial charge in [0.2, 0.25) is 5.82 Å². The zero-order valence-corrected chi connectivity index (χ0v) is 12.1. The van der Waals surface area contributed by atoms with E-state index in [9.17, 15) is 4.79 Å². The average molecular weight is 264 g/mol. The summed E-state index contributed by atoms with van der Waals surface area (Å²) < 4.78 is 0. The fourth-order valence-electron chi connectivity index (χ4n) is 2.76. The van der Waals surface area contributed by atoms with Crippen LogP contribution in [0.15, 0.2) is 0 Å². The van der Waals surface area contributed by atoms with Crippen molar-refractivity contribution in [2.45, 2.75) is 58.8 Å². The van der Waals surface area contributed by atoms with Crippen molar-refractivity contribution >= 4 is 5.91 Å². The molecule has 1 aromatic rings. The lowest BCUT2D eigenvalue weighted by atomic mass is 9.83. The summed E-state index contributed by atoms with van der Waals surface area (Å²) in [6, 6.07) is 0. The lowest BCUT2D eigenvalue weighted by Crippen LogP contribution is -2.36. The predicted octanol–water partition coefficient (Wildman–Crippen LogP) is 2.63. The van der Waals surface area contributed by atoms with Gasteiger partial charge < -0.3 is 5.32 Å². The summed E-state index contributed by atoms with van der Waals surface area (Å²) in [5.41, 5.74) is 0.298. The molecule has 5 nitrogen and oxygen atoms in total. The number of aromatic amines is 1. The zero-order valence-electron chi connectivity index (χ0n) is 12.1. The van der Waals surface area contributed by atoms with Crippen molar-refractivity contribution in [3.8, 4) is 0 Å². The standard InChI is InChI=1S/C14H24N4O/c1-4-14(7-5-6-8-14)9-15-13(19)12-16-11(10(2)3)17-18-12/h10H,4-9H2,1-3H3,(H,15,19)(H,16,17,18). The van der Waals surface area contributed by atoms with Gasteiger partial charge in [-0.15, -0.1) is 5.10 Å². The Hall–Kier alpha value is -1.39. The highest BCUT2D eigenvalue weighted by Gasteiger charge is 2.32. The first-order chi connectivity index (χ1) is 9.06. The molecular formula is C14H24N4O. The molecule has 1 aliphatic rings. The first kappa shape index (κ1) is 14.0. The molecule has 2 N–H and O–H groups in total. The monoisotopic (exact) mass is 264 g/mol. The van der Waals surface area contributed by atoms with Gasteiger partial charge in [0.05, 0.1) is 0 Å². The normalized spacial score (nSPS) is 17.9. The van der Waals surface area contributed by atoms with Gasteiger partial charge in [0.1, 0.15) is 5.82 Å². The minimum absolute atomic E-state index is 0.164. The van der Waals surface area contributed by atoms with E-state index in [1.165, 1.54) is 25.7 Å². The Kier molecular flexibility index (Phi) is 4.22. The minimum atomic E-state index is -0.164. The van der Waals surface area contributed by atoms with Crippen LogP contribution in [0.4, 0.5) is 0 Å².